The molecule has 1 nitrogen and oxygen atoms in total. The highest BCUT2D eigenvalue weighted by Crippen LogP contribution is 2.28. The molecule has 0 saturated carbocycles. The zero-order valence-corrected chi connectivity index (χ0v) is 10.0. The SMILES string of the molecule is CC(C)(C)c1cccc(C2CCNC2)c1. The highest BCUT2D eigenvalue weighted by atomic mass is 14.9. The molecule has 15 heavy (non-hydrogen) atoms. The molecule has 1 heterocycles. The van der Waals surface area contributed by atoms with Gasteiger partial charge in [-0.2, -0.15) is 0 Å². The van der Waals surface area contributed by atoms with Crippen LogP contribution in [0.5, 0.6) is 0 Å². The Kier molecular flexibility index (Phi) is 2.83. The van der Waals surface area contributed by atoms with E-state index >= 15 is 0 Å². The minimum Gasteiger partial charge on any atom is -0.316 e. The van der Waals surface area contributed by atoms with Crippen molar-refractivity contribution in [1.29, 1.82) is 0 Å². The van der Waals surface area contributed by atoms with E-state index in [9.17, 15) is 0 Å². The number of rotatable bonds is 1. The first kappa shape index (κ1) is 10.7. The maximum atomic E-state index is 3.43. The number of hydrogen-bond acceptors (Lipinski definition) is 1. The molecule has 1 unspecified atom stereocenters. The lowest BCUT2D eigenvalue weighted by atomic mass is 9.84. The molecule has 2 rings (SSSR count). The predicted octanol–water partition coefficient (Wildman–Crippen LogP) is 3.06. The largest absolute Gasteiger partial charge is 0.316 e. The van der Waals surface area contributed by atoms with Crippen molar-refractivity contribution in [3.8, 4) is 0 Å². The van der Waals surface area contributed by atoms with Crippen LogP contribution in [0.3, 0.4) is 0 Å². The molecule has 1 heteroatoms. The minimum atomic E-state index is 0.266. The van der Waals surface area contributed by atoms with E-state index in [1.54, 1.807) is 0 Å². The molecule has 0 amide bonds. The minimum absolute atomic E-state index is 0.266. The highest BCUT2D eigenvalue weighted by molar-refractivity contribution is 5.31. The van der Waals surface area contributed by atoms with E-state index in [4.69, 9.17) is 0 Å². The summed E-state index contributed by atoms with van der Waals surface area (Å²) in [6, 6.07) is 9.10. The van der Waals surface area contributed by atoms with Gasteiger partial charge < -0.3 is 5.32 Å². The predicted molar refractivity (Wildman–Crippen MR) is 65.4 cm³/mol. The van der Waals surface area contributed by atoms with Crippen LogP contribution < -0.4 is 5.32 Å². The summed E-state index contributed by atoms with van der Waals surface area (Å²) in [5, 5.41) is 3.43. The Hall–Kier alpha value is -0.820. The van der Waals surface area contributed by atoms with Gasteiger partial charge in [0, 0.05) is 6.54 Å². The van der Waals surface area contributed by atoms with Gasteiger partial charge in [0.25, 0.3) is 0 Å². The Labute approximate surface area is 92.9 Å². The first-order valence-corrected chi connectivity index (χ1v) is 5.88. The summed E-state index contributed by atoms with van der Waals surface area (Å²) >= 11 is 0. The van der Waals surface area contributed by atoms with E-state index in [1.165, 1.54) is 24.1 Å². The number of hydrogen-bond donors (Lipinski definition) is 1. The van der Waals surface area contributed by atoms with Crippen molar-refractivity contribution in [2.75, 3.05) is 13.1 Å². The quantitative estimate of drug-likeness (QED) is 0.739. The van der Waals surface area contributed by atoms with Crippen LogP contribution in [0, 0.1) is 0 Å². The second-order valence-electron chi connectivity index (χ2n) is 5.57. The molecule has 82 valence electrons. The number of benzene rings is 1. The second kappa shape index (κ2) is 3.97. The first-order valence-electron chi connectivity index (χ1n) is 5.88. The Morgan fingerprint density at radius 3 is 2.67 bits per heavy atom. The van der Waals surface area contributed by atoms with Crippen molar-refractivity contribution in [2.45, 2.75) is 38.5 Å². The third kappa shape index (κ3) is 2.40. The molecule has 1 aromatic rings. The van der Waals surface area contributed by atoms with Gasteiger partial charge in [-0.15, -0.1) is 0 Å². The Morgan fingerprint density at radius 1 is 1.27 bits per heavy atom. The zero-order valence-electron chi connectivity index (χ0n) is 10.0. The van der Waals surface area contributed by atoms with Crippen molar-refractivity contribution in [3.63, 3.8) is 0 Å². The smallest absolute Gasteiger partial charge is 0.00206 e. The molecule has 1 atom stereocenters. The van der Waals surface area contributed by atoms with Crippen molar-refractivity contribution in [1.82, 2.24) is 5.32 Å². The number of nitrogens with one attached hydrogen (secondary N) is 1. The third-order valence-corrected chi connectivity index (χ3v) is 3.28. The van der Waals surface area contributed by atoms with Crippen LogP contribution in [-0.4, -0.2) is 13.1 Å². The maximum Gasteiger partial charge on any atom is 0.00206 e. The Morgan fingerprint density at radius 2 is 2.07 bits per heavy atom. The van der Waals surface area contributed by atoms with E-state index in [2.05, 4.69) is 50.4 Å². The fourth-order valence-corrected chi connectivity index (χ4v) is 2.20. The average Bonchev–Trinajstić information content (AvgIpc) is 2.69. The van der Waals surface area contributed by atoms with Crippen molar-refractivity contribution < 1.29 is 0 Å². The highest BCUT2D eigenvalue weighted by Gasteiger charge is 2.19. The fraction of sp³-hybridized carbons (Fsp3) is 0.571. The van der Waals surface area contributed by atoms with Gasteiger partial charge in [0.2, 0.25) is 0 Å². The standard InChI is InChI=1S/C14H21N/c1-14(2,3)13-6-4-5-11(9-13)12-7-8-15-10-12/h4-6,9,12,15H,7-8,10H2,1-3H3. The lowest BCUT2D eigenvalue weighted by molar-refractivity contribution is 0.588. The van der Waals surface area contributed by atoms with Crippen molar-refractivity contribution in [2.24, 2.45) is 0 Å². The van der Waals surface area contributed by atoms with Crippen LogP contribution in [-0.2, 0) is 5.41 Å². The normalized spacial score (nSPS) is 21.9. The molecule has 1 fully saturated rings. The topological polar surface area (TPSA) is 12.0 Å². The molecule has 1 aliphatic heterocycles. The third-order valence-electron chi connectivity index (χ3n) is 3.28. The molecule has 0 aromatic heterocycles. The van der Waals surface area contributed by atoms with Crippen LogP contribution >= 0.6 is 0 Å². The summed E-state index contributed by atoms with van der Waals surface area (Å²) in [6.07, 6.45) is 1.29. The summed E-state index contributed by atoms with van der Waals surface area (Å²) in [7, 11) is 0. The lowest BCUT2D eigenvalue weighted by Crippen LogP contribution is -2.12. The summed E-state index contributed by atoms with van der Waals surface area (Å²) in [6.45, 7) is 9.15. The average molecular weight is 203 g/mol. The lowest BCUT2D eigenvalue weighted by Gasteiger charge is -2.21. The monoisotopic (exact) mass is 203 g/mol. The van der Waals surface area contributed by atoms with Gasteiger partial charge in [-0.1, -0.05) is 45.0 Å². The summed E-state index contributed by atoms with van der Waals surface area (Å²) in [5.41, 5.74) is 3.22. The van der Waals surface area contributed by atoms with Crippen LogP contribution in [0.4, 0.5) is 0 Å². The molecule has 0 bridgehead atoms. The van der Waals surface area contributed by atoms with Crippen LogP contribution in [0.15, 0.2) is 24.3 Å². The van der Waals surface area contributed by atoms with Gasteiger partial charge in [0.1, 0.15) is 0 Å². The van der Waals surface area contributed by atoms with Crippen molar-refractivity contribution >= 4 is 0 Å². The van der Waals surface area contributed by atoms with Gasteiger partial charge in [-0.3, -0.25) is 0 Å². The molecule has 0 radical (unpaired) electrons. The van der Waals surface area contributed by atoms with Gasteiger partial charge in [-0.25, -0.2) is 0 Å². The summed E-state index contributed by atoms with van der Waals surface area (Å²) in [5.74, 6) is 0.729. The van der Waals surface area contributed by atoms with E-state index < -0.39 is 0 Å². The fourth-order valence-electron chi connectivity index (χ4n) is 2.20. The van der Waals surface area contributed by atoms with Gasteiger partial charge in [-0.05, 0) is 35.4 Å². The van der Waals surface area contributed by atoms with E-state index in [1.807, 2.05) is 0 Å². The van der Waals surface area contributed by atoms with E-state index in [-0.39, 0.29) is 5.41 Å². The Balaban J connectivity index is 2.26. The molecular weight excluding hydrogens is 182 g/mol. The maximum absolute atomic E-state index is 3.43. The zero-order chi connectivity index (χ0) is 10.9. The van der Waals surface area contributed by atoms with E-state index in [0.29, 0.717) is 0 Å². The molecule has 1 saturated heterocycles. The van der Waals surface area contributed by atoms with Gasteiger partial charge in [0.15, 0.2) is 0 Å². The van der Waals surface area contributed by atoms with Crippen LogP contribution in [0.2, 0.25) is 0 Å². The van der Waals surface area contributed by atoms with Gasteiger partial charge in [0.05, 0.1) is 0 Å². The molecule has 1 aliphatic rings. The molecule has 0 aliphatic carbocycles. The van der Waals surface area contributed by atoms with Gasteiger partial charge >= 0.3 is 0 Å². The summed E-state index contributed by atoms with van der Waals surface area (Å²) in [4.78, 5) is 0. The summed E-state index contributed by atoms with van der Waals surface area (Å²) < 4.78 is 0. The molecule has 1 N–H and O–H groups in total. The molecular formula is C14H21N. The van der Waals surface area contributed by atoms with E-state index in [0.717, 1.165) is 12.5 Å². The van der Waals surface area contributed by atoms with Crippen LogP contribution in [0.1, 0.15) is 44.2 Å². The van der Waals surface area contributed by atoms with Crippen molar-refractivity contribution in [3.05, 3.63) is 35.4 Å². The Bertz CT molecular complexity index is 329. The second-order valence-corrected chi connectivity index (χ2v) is 5.57. The first-order chi connectivity index (χ1) is 7.07. The molecule has 1 aromatic carbocycles. The van der Waals surface area contributed by atoms with Crippen LogP contribution in [0.25, 0.3) is 0 Å². The molecule has 0 spiro atoms.